The predicted octanol–water partition coefficient (Wildman–Crippen LogP) is 6.90. The van der Waals surface area contributed by atoms with Gasteiger partial charge in [0.25, 0.3) is 0 Å². The molecule has 1 saturated carbocycles. The molecule has 1 saturated heterocycles. The van der Waals surface area contributed by atoms with Crippen LogP contribution in [0.15, 0.2) is 67.6 Å². The van der Waals surface area contributed by atoms with Crippen molar-refractivity contribution in [3.8, 4) is 17.2 Å². The second-order valence-corrected chi connectivity index (χ2v) is 11.4. The molecular weight excluding hydrogens is 599 g/mol. The molecule has 0 spiro atoms. The highest BCUT2D eigenvalue weighted by Crippen LogP contribution is 2.37. The van der Waals surface area contributed by atoms with Crippen LogP contribution in [0.2, 0.25) is 0 Å². The zero-order chi connectivity index (χ0) is 32.3. The number of benzene rings is 2. The Bertz CT molecular complexity index is 1750. The lowest BCUT2D eigenvalue weighted by Crippen LogP contribution is -2.41. The summed E-state index contributed by atoms with van der Waals surface area (Å²) in [6.07, 6.45) is 5.69. The number of likely N-dealkylation sites (tertiary alicyclic amines) is 1. The third-order valence-corrected chi connectivity index (χ3v) is 8.21. The highest BCUT2D eigenvalue weighted by molar-refractivity contribution is 5.95. The van der Waals surface area contributed by atoms with E-state index in [0.717, 1.165) is 18.5 Å². The van der Waals surface area contributed by atoms with Gasteiger partial charge in [0, 0.05) is 67.8 Å². The molecule has 1 amide bonds. The molecule has 0 bridgehead atoms. The van der Waals surface area contributed by atoms with Gasteiger partial charge in [-0.25, -0.2) is 28.1 Å². The van der Waals surface area contributed by atoms with Crippen LogP contribution in [0.5, 0.6) is 17.2 Å². The van der Waals surface area contributed by atoms with Crippen molar-refractivity contribution < 1.29 is 27.4 Å². The number of rotatable bonds is 10. The fourth-order valence-electron chi connectivity index (χ4n) is 5.82. The molecule has 46 heavy (non-hydrogen) atoms. The molecule has 1 atom stereocenters. The zero-order valence-corrected chi connectivity index (χ0v) is 25.2. The van der Waals surface area contributed by atoms with E-state index < -0.39 is 11.7 Å². The number of nitrogens with one attached hydrogen (secondary N) is 3. The van der Waals surface area contributed by atoms with Crippen LogP contribution in [0.3, 0.4) is 0 Å². The molecule has 3 heterocycles. The summed E-state index contributed by atoms with van der Waals surface area (Å²) < 4.78 is 54.0. The topological polar surface area (TPSA) is 114 Å². The Morgan fingerprint density at radius 2 is 1.80 bits per heavy atom. The van der Waals surface area contributed by atoms with Gasteiger partial charge in [-0.05, 0) is 49.6 Å². The van der Waals surface area contributed by atoms with Gasteiger partial charge in [-0.2, -0.15) is 0 Å². The number of carbonyl (C=O) groups is 1. The number of fused-ring (bicyclic) bond motifs is 1. The number of nitrogens with zero attached hydrogens (tertiary/aromatic N) is 4. The lowest BCUT2D eigenvalue weighted by atomic mass is 10.0. The Morgan fingerprint density at radius 3 is 2.52 bits per heavy atom. The second-order valence-electron chi connectivity index (χ2n) is 11.4. The van der Waals surface area contributed by atoms with Gasteiger partial charge in [0.2, 0.25) is 11.8 Å². The van der Waals surface area contributed by atoms with Crippen LogP contribution in [-0.2, 0) is 4.79 Å². The molecule has 13 heteroatoms. The summed E-state index contributed by atoms with van der Waals surface area (Å²) in [6.45, 7) is 4.81. The highest BCUT2D eigenvalue weighted by Gasteiger charge is 2.39. The number of pyridine rings is 1. The smallest absolute Gasteiger partial charge is 0.250 e. The number of alkyl halides is 2. The Labute approximate surface area is 264 Å². The fourth-order valence-corrected chi connectivity index (χ4v) is 5.82. The molecule has 2 aromatic carbocycles. The molecule has 2 aromatic heterocycles. The second kappa shape index (κ2) is 13.1. The molecule has 1 unspecified atom stereocenters. The molecule has 6 rings (SSSR count). The normalized spacial score (nSPS) is 17.8. The largest absolute Gasteiger partial charge is 0.495 e. The predicted molar refractivity (Wildman–Crippen MR) is 170 cm³/mol. The van der Waals surface area contributed by atoms with Crippen molar-refractivity contribution in [3.05, 3.63) is 73.5 Å². The standard InChI is InChI=1S/C33H34F3N7O3/c1-3-31(44)43-12-8-20(9-13-43)40-28-16-24-27(17-29(28)45-2)38-19-39-32(24)42-26-5-4-22(14-25(26)34)46-23-7-11-37-30(15-23)41-21-6-10-33(35,36)18-21/h3-5,7,11,14-17,19-21,40H,1,6,8-10,12-13,18H2,2H3,(H,37,41)(H,38,39,42). The van der Waals surface area contributed by atoms with Crippen LogP contribution < -0.4 is 25.4 Å². The number of aromatic nitrogens is 3. The number of hydrogen-bond acceptors (Lipinski definition) is 9. The number of carbonyl (C=O) groups excluding carboxylic acids is 1. The molecule has 10 nitrogen and oxygen atoms in total. The van der Waals surface area contributed by atoms with Gasteiger partial charge in [0.15, 0.2) is 0 Å². The maximum atomic E-state index is 15.3. The van der Waals surface area contributed by atoms with E-state index in [-0.39, 0.29) is 42.3 Å². The SMILES string of the molecule is C=CC(=O)N1CCC(Nc2cc3c(Nc4ccc(Oc5ccnc(NC6CCC(F)(F)C6)c5)cc4F)ncnc3cc2OC)CC1. The Hall–Kier alpha value is -5.07. The number of hydrogen-bond donors (Lipinski definition) is 3. The average molecular weight is 634 g/mol. The summed E-state index contributed by atoms with van der Waals surface area (Å²) >= 11 is 0. The van der Waals surface area contributed by atoms with Crippen molar-refractivity contribution in [1.82, 2.24) is 19.9 Å². The molecule has 3 N–H and O–H groups in total. The van der Waals surface area contributed by atoms with Gasteiger partial charge in [-0.3, -0.25) is 4.79 Å². The summed E-state index contributed by atoms with van der Waals surface area (Å²) in [5.41, 5.74) is 1.52. The van der Waals surface area contributed by atoms with Gasteiger partial charge in [0.05, 0.1) is 24.0 Å². The summed E-state index contributed by atoms with van der Waals surface area (Å²) in [7, 11) is 1.58. The summed E-state index contributed by atoms with van der Waals surface area (Å²) in [5.74, 6) is -1.27. The van der Waals surface area contributed by atoms with Gasteiger partial charge in [0.1, 0.15) is 41.0 Å². The molecule has 4 aromatic rings. The number of methoxy groups -OCH3 is 1. The van der Waals surface area contributed by atoms with Crippen LogP contribution in [0.1, 0.15) is 32.1 Å². The van der Waals surface area contributed by atoms with Crippen molar-refractivity contribution in [3.63, 3.8) is 0 Å². The first-order chi connectivity index (χ1) is 22.2. The first-order valence-electron chi connectivity index (χ1n) is 15.0. The first kappa shape index (κ1) is 30.9. The van der Waals surface area contributed by atoms with Crippen molar-refractivity contribution in [2.75, 3.05) is 36.1 Å². The third-order valence-electron chi connectivity index (χ3n) is 8.21. The molecule has 1 aliphatic heterocycles. The van der Waals surface area contributed by atoms with E-state index in [0.29, 0.717) is 53.5 Å². The number of piperidine rings is 1. The molecule has 240 valence electrons. The van der Waals surface area contributed by atoms with Gasteiger partial charge in [-0.15, -0.1) is 0 Å². The van der Waals surface area contributed by atoms with Crippen molar-refractivity contribution in [2.24, 2.45) is 0 Å². The van der Waals surface area contributed by atoms with Crippen LogP contribution in [-0.4, -0.2) is 64.0 Å². The summed E-state index contributed by atoms with van der Waals surface area (Å²) in [4.78, 5) is 26.7. The Balaban J connectivity index is 1.15. The van der Waals surface area contributed by atoms with E-state index >= 15 is 4.39 Å². The van der Waals surface area contributed by atoms with E-state index in [2.05, 4.69) is 37.5 Å². The monoisotopic (exact) mass is 633 g/mol. The maximum Gasteiger partial charge on any atom is 0.250 e. The van der Waals surface area contributed by atoms with Crippen molar-refractivity contribution in [2.45, 2.75) is 50.1 Å². The minimum absolute atomic E-state index is 0.0726. The highest BCUT2D eigenvalue weighted by atomic mass is 19.3. The minimum Gasteiger partial charge on any atom is -0.495 e. The van der Waals surface area contributed by atoms with Crippen LogP contribution in [0, 0.1) is 5.82 Å². The lowest BCUT2D eigenvalue weighted by molar-refractivity contribution is -0.126. The quantitative estimate of drug-likeness (QED) is 0.161. The molecule has 1 aliphatic carbocycles. The van der Waals surface area contributed by atoms with Gasteiger partial charge in [-0.1, -0.05) is 6.58 Å². The van der Waals surface area contributed by atoms with E-state index in [1.807, 2.05) is 6.07 Å². The van der Waals surface area contributed by atoms with Crippen LogP contribution >= 0.6 is 0 Å². The summed E-state index contributed by atoms with van der Waals surface area (Å²) in [5, 5.41) is 10.3. The Morgan fingerprint density at radius 1 is 1.00 bits per heavy atom. The summed E-state index contributed by atoms with van der Waals surface area (Å²) in [6, 6.07) is 11.0. The number of halogens is 3. The fraction of sp³-hybridized carbons (Fsp3) is 0.333. The first-order valence-corrected chi connectivity index (χ1v) is 15.0. The number of ether oxygens (including phenoxy) is 2. The van der Waals surface area contributed by atoms with Crippen molar-refractivity contribution in [1.29, 1.82) is 0 Å². The van der Waals surface area contributed by atoms with Gasteiger partial charge >= 0.3 is 0 Å². The van der Waals surface area contributed by atoms with E-state index in [1.54, 1.807) is 42.3 Å². The average Bonchev–Trinajstić information content (AvgIpc) is 3.39. The zero-order valence-electron chi connectivity index (χ0n) is 25.2. The molecule has 0 radical (unpaired) electrons. The van der Waals surface area contributed by atoms with Gasteiger partial charge < -0.3 is 30.3 Å². The lowest BCUT2D eigenvalue weighted by Gasteiger charge is -2.32. The molecular formula is C33H34F3N7O3. The minimum atomic E-state index is -2.67. The number of anilines is 4. The van der Waals surface area contributed by atoms with Crippen LogP contribution in [0.4, 0.5) is 36.2 Å². The van der Waals surface area contributed by atoms with Crippen LogP contribution in [0.25, 0.3) is 10.9 Å². The molecule has 2 aliphatic rings. The van der Waals surface area contributed by atoms with E-state index in [9.17, 15) is 13.6 Å². The molecule has 2 fully saturated rings. The van der Waals surface area contributed by atoms with E-state index in [4.69, 9.17) is 9.47 Å². The third kappa shape index (κ3) is 7.08. The Kier molecular flexibility index (Phi) is 8.82. The maximum absolute atomic E-state index is 15.3. The van der Waals surface area contributed by atoms with Crippen molar-refractivity contribution >= 4 is 39.8 Å². The number of amides is 1. The van der Waals surface area contributed by atoms with E-state index in [1.165, 1.54) is 24.7 Å².